The fourth-order valence-corrected chi connectivity index (χ4v) is 6.17. The van der Waals surface area contributed by atoms with Crippen LogP contribution in [0.5, 0.6) is 0 Å². The molecule has 0 saturated carbocycles. The number of amides is 1. The van der Waals surface area contributed by atoms with E-state index in [0.29, 0.717) is 31.8 Å². The van der Waals surface area contributed by atoms with Crippen LogP contribution in [0.4, 0.5) is 5.69 Å². The Labute approximate surface area is 163 Å². The Morgan fingerprint density at radius 1 is 1.32 bits per heavy atom. The molecule has 2 aromatic rings. The molecular formula is C14H14Cl2N2O4S3. The molecule has 25 heavy (non-hydrogen) atoms. The predicted molar refractivity (Wildman–Crippen MR) is 101 cm³/mol. The zero-order chi connectivity index (χ0) is 18.0. The van der Waals surface area contributed by atoms with Gasteiger partial charge in [-0.3, -0.25) is 9.52 Å². The van der Waals surface area contributed by atoms with E-state index in [1.807, 2.05) is 5.38 Å². The lowest BCUT2D eigenvalue weighted by Crippen LogP contribution is -2.42. The van der Waals surface area contributed by atoms with E-state index < -0.39 is 10.0 Å². The van der Waals surface area contributed by atoms with Gasteiger partial charge >= 0.3 is 0 Å². The lowest BCUT2D eigenvalue weighted by atomic mass is 10.2. The van der Waals surface area contributed by atoms with Gasteiger partial charge in [0.15, 0.2) is 0 Å². The maximum Gasteiger partial charge on any atom is 0.271 e. The van der Waals surface area contributed by atoms with E-state index in [-0.39, 0.29) is 26.1 Å². The van der Waals surface area contributed by atoms with Crippen LogP contribution in [0.3, 0.4) is 0 Å². The van der Waals surface area contributed by atoms with Gasteiger partial charge in [-0.15, -0.1) is 22.7 Å². The van der Waals surface area contributed by atoms with Crippen LogP contribution in [-0.4, -0.2) is 45.5 Å². The number of ether oxygens (including phenoxy) is 1. The van der Waals surface area contributed by atoms with Crippen LogP contribution in [0.1, 0.15) is 5.56 Å². The first kappa shape index (κ1) is 18.9. The largest absolute Gasteiger partial charge is 0.370 e. The van der Waals surface area contributed by atoms with Crippen LogP contribution in [0.15, 0.2) is 21.0 Å². The molecule has 2 aromatic heterocycles. The molecule has 0 aromatic carbocycles. The Bertz CT molecular complexity index is 859. The summed E-state index contributed by atoms with van der Waals surface area (Å²) in [7, 11) is -3.76. The quantitative estimate of drug-likeness (QED) is 0.747. The van der Waals surface area contributed by atoms with Gasteiger partial charge < -0.3 is 9.64 Å². The smallest absolute Gasteiger partial charge is 0.271 e. The summed E-state index contributed by atoms with van der Waals surface area (Å²) in [5.74, 6) is -0.0496. The Morgan fingerprint density at radius 2 is 2.12 bits per heavy atom. The SMILES string of the molecule is O=C1COCCN1CCc1cscc1NS(=O)(=O)c1cc(Cl)c(Cl)s1. The highest BCUT2D eigenvalue weighted by Gasteiger charge is 2.22. The van der Waals surface area contributed by atoms with Gasteiger partial charge in [-0.25, -0.2) is 8.42 Å². The van der Waals surface area contributed by atoms with E-state index >= 15 is 0 Å². The lowest BCUT2D eigenvalue weighted by molar-refractivity contribution is -0.142. The molecule has 0 atom stereocenters. The van der Waals surface area contributed by atoms with Gasteiger partial charge in [0.1, 0.15) is 15.2 Å². The molecule has 0 spiro atoms. The first-order chi connectivity index (χ1) is 11.9. The fraction of sp³-hybridized carbons (Fsp3) is 0.357. The number of hydrogen-bond acceptors (Lipinski definition) is 6. The summed E-state index contributed by atoms with van der Waals surface area (Å²) in [6, 6.07) is 1.33. The summed E-state index contributed by atoms with van der Waals surface area (Å²) in [6.07, 6.45) is 0.555. The van der Waals surface area contributed by atoms with Gasteiger partial charge in [0.25, 0.3) is 10.0 Å². The van der Waals surface area contributed by atoms with Gasteiger partial charge in [0.2, 0.25) is 5.91 Å². The van der Waals surface area contributed by atoms with Crippen LogP contribution >= 0.6 is 45.9 Å². The van der Waals surface area contributed by atoms with Crippen molar-refractivity contribution in [2.24, 2.45) is 0 Å². The first-order valence-corrected chi connectivity index (χ1v) is 11.2. The molecule has 1 amide bonds. The van der Waals surface area contributed by atoms with Crippen molar-refractivity contribution in [2.45, 2.75) is 10.6 Å². The van der Waals surface area contributed by atoms with Crippen LogP contribution in [0, 0.1) is 0 Å². The summed E-state index contributed by atoms with van der Waals surface area (Å²) in [5.41, 5.74) is 1.34. The highest BCUT2D eigenvalue weighted by atomic mass is 35.5. The van der Waals surface area contributed by atoms with E-state index in [1.165, 1.54) is 17.4 Å². The third-order valence-electron chi connectivity index (χ3n) is 3.61. The molecule has 3 rings (SSSR count). The average Bonchev–Trinajstić information content (AvgIpc) is 3.13. The molecule has 1 aliphatic rings. The van der Waals surface area contributed by atoms with Crippen molar-refractivity contribution in [3.05, 3.63) is 31.7 Å². The van der Waals surface area contributed by atoms with E-state index in [9.17, 15) is 13.2 Å². The Kier molecular flexibility index (Phi) is 5.92. The number of sulfonamides is 1. The van der Waals surface area contributed by atoms with E-state index in [4.69, 9.17) is 27.9 Å². The van der Waals surface area contributed by atoms with Gasteiger partial charge in [-0.2, -0.15) is 0 Å². The minimum absolute atomic E-state index is 0.0496. The summed E-state index contributed by atoms with van der Waals surface area (Å²) >= 11 is 14.0. The van der Waals surface area contributed by atoms with Crippen molar-refractivity contribution in [1.82, 2.24) is 4.90 Å². The summed E-state index contributed by atoms with van der Waals surface area (Å²) in [6.45, 7) is 1.69. The molecule has 0 aliphatic carbocycles. The summed E-state index contributed by atoms with van der Waals surface area (Å²) in [4.78, 5) is 13.5. The lowest BCUT2D eigenvalue weighted by Gasteiger charge is -2.26. The number of nitrogens with zero attached hydrogens (tertiary/aromatic N) is 1. The Balaban J connectivity index is 1.70. The highest BCUT2D eigenvalue weighted by Crippen LogP contribution is 2.35. The molecule has 1 saturated heterocycles. The number of carbonyl (C=O) groups excluding carboxylic acids is 1. The minimum Gasteiger partial charge on any atom is -0.370 e. The molecule has 1 aliphatic heterocycles. The predicted octanol–water partition coefficient (Wildman–Crippen LogP) is 3.32. The monoisotopic (exact) mass is 440 g/mol. The fourth-order valence-electron chi connectivity index (χ4n) is 2.30. The van der Waals surface area contributed by atoms with Gasteiger partial charge in [0.05, 0.1) is 17.3 Å². The van der Waals surface area contributed by atoms with Gasteiger partial charge in [-0.05, 0) is 23.4 Å². The molecule has 1 N–H and O–H groups in total. The second kappa shape index (κ2) is 7.81. The second-order valence-corrected chi connectivity index (χ2v) is 10.0. The number of hydrogen-bond donors (Lipinski definition) is 1. The number of morpholine rings is 1. The van der Waals surface area contributed by atoms with E-state index in [1.54, 1.807) is 10.3 Å². The van der Waals surface area contributed by atoms with Gasteiger partial charge in [-0.1, -0.05) is 23.2 Å². The zero-order valence-corrected chi connectivity index (χ0v) is 16.8. The van der Waals surface area contributed by atoms with Crippen LogP contribution in [-0.2, 0) is 26.0 Å². The van der Waals surface area contributed by atoms with Crippen molar-refractivity contribution >= 4 is 67.5 Å². The second-order valence-electron chi connectivity index (χ2n) is 5.29. The Hall–Kier alpha value is -0.840. The van der Waals surface area contributed by atoms with Crippen molar-refractivity contribution in [2.75, 3.05) is 31.0 Å². The van der Waals surface area contributed by atoms with Crippen molar-refractivity contribution in [3.63, 3.8) is 0 Å². The van der Waals surface area contributed by atoms with Crippen LogP contribution < -0.4 is 4.72 Å². The molecule has 6 nitrogen and oxygen atoms in total. The molecule has 1 fully saturated rings. The molecule has 3 heterocycles. The molecular weight excluding hydrogens is 427 g/mol. The van der Waals surface area contributed by atoms with Crippen LogP contribution in [0.25, 0.3) is 0 Å². The van der Waals surface area contributed by atoms with Crippen LogP contribution in [0.2, 0.25) is 9.36 Å². The number of halogens is 2. The topological polar surface area (TPSA) is 75.7 Å². The molecule has 136 valence electrons. The maximum absolute atomic E-state index is 12.5. The minimum atomic E-state index is -3.76. The van der Waals surface area contributed by atoms with Crippen molar-refractivity contribution in [1.29, 1.82) is 0 Å². The van der Waals surface area contributed by atoms with E-state index in [0.717, 1.165) is 16.9 Å². The zero-order valence-electron chi connectivity index (χ0n) is 12.8. The summed E-state index contributed by atoms with van der Waals surface area (Å²) in [5, 5.41) is 3.81. The molecule has 11 heteroatoms. The van der Waals surface area contributed by atoms with Crippen molar-refractivity contribution in [3.8, 4) is 0 Å². The standard InChI is InChI=1S/C14H14Cl2N2O4S3/c15-10-5-13(24-14(10)16)25(20,21)17-11-8-23-7-9(11)1-2-18-3-4-22-6-12(18)19/h5,7-8,17H,1-4,6H2. The third-order valence-corrected chi connectivity index (χ3v) is 8.11. The number of anilines is 1. The average molecular weight is 441 g/mol. The number of nitrogens with one attached hydrogen (secondary N) is 1. The van der Waals surface area contributed by atoms with Crippen molar-refractivity contribution < 1.29 is 17.9 Å². The summed E-state index contributed by atoms with van der Waals surface area (Å²) < 4.78 is 32.9. The third kappa shape index (κ3) is 4.47. The molecule has 0 bridgehead atoms. The molecule has 0 radical (unpaired) electrons. The van der Waals surface area contributed by atoms with Gasteiger partial charge in [0, 0.05) is 18.5 Å². The number of carbonyl (C=O) groups is 1. The maximum atomic E-state index is 12.5. The highest BCUT2D eigenvalue weighted by molar-refractivity contribution is 7.94. The molecule has 0 unspecified atom stereocenters. The normalized spacial score (nSPS) is 15.6. The number of thiophene rings is 2. The Morgan fingerprint density at radius 3 is 2.80 bits per heavy atom. The number of rotatable bonds is 6. The van der Waals surface area contributed by atoms with E-state index in [2.05, 4.69) is 4.72 Å². The first-order valence-electron chi connectivity index (χ1n) is 7.25.